The summed E-state index contributed by atoms with van der Waals surface area (Å²) >= 11 is 0. The summed E-state index contributed by atoms with van der Waals surface area (Å²) in [5.41, 5.74) is 7.36. The first kappa shape index (κ1) is 14.9. The Balaban J connectivity index is 2.47. The molecule has 1 fully saturated rings. The third kappa shape index (κ3) is 4.57. The topological polar surface area (TPSA) is 64.3 Å². The van der Waals surface area contributed by atoms with E-state index in [0.717, 1.165) is 12.8 Å². The molecular formula is C14H28NO2. The van der Waals surface area contributed by atoms with E-state index in [2.05, 4.69) is 0 Å². The third-order valence-electron chi connectivity index (χ3n) is 4.04. The molecule has 1 saturated carbocycles. The van der Waals surface area contributed by atoms with Crippen molar-refractivity contribution in [3.05, 3.63) is 0 Å². The Labute approximate surface area is 105 Å². The molecule has 0 aromatic rings. The summed E-state index contributed by atoms with van der Waals surface area (Å²) in [6.45, 7) is 3.75. The highest BCUT2D eigenvalue weighted by Gasteiger charge is 2.36. The first-order valence-corrected chi connectivity index (χ1v) is 7.08. The first-order chi connectivity index (χ1) is 7.97. The van der Waals surface area contributed by atoms with Gasteiger partial charge in [-0.25, -0.2) is 5.73 Å². The minimum atomic E-state index is -0.913. The fourth-order valence-corrected chi connectivity index (χ4v) is 2.99. The van der Waals surface area contributed by atoms with Gasteiger partial charge in [0.05, 0.1) is 17.7 Å². The van der Waals surface area contributed by atoms with Crippen molar-refractivity contribution < 1.29 is 10.2 Å². The van der Waals surface area contributed by atoms with Crippen LogP contribution >= 0.6 is 0 Å². The van der Waals surface area contributed by atoms with Crippen molar-refractivity contribution in [2.75, 3.05) is 0 Å². The Morgan fingerprint density at radius 1 is 1.24 bits per heavy atom. The zero-order valence-corrected chi connectivity index (χ0v) is 11.3. The van der Waals surface area contributed by atoms with Crippen LogP contribution in [0.1, 0.15) is 65.2 Å². The Morgan fingerprint density at radius 3 is 2.35 bits per heavy atom. The average Bonchev–Trinajstić information content (AvgIpc) is 2.29. The van der Waals surface area contributed by atoms with Crippen LogP contribution in [0.3, 0.4) is 0 Å². The van der Waals surface area contributed by atoms with Crippen molar-refractivity contribution >= 4 is 0 Å². The molecule has 0 saturated heterocycles. The van der Waals surface area contributed by atoms with Crippen LogP contribution in [0.4, 0.5) is 0 Å². The van der Waals surface area contributed by atoms with Gasteiger partial charge < -0.3 is 10.2 Å². The summed E-state index contributed by atoms with van der Waals surface area (Å²) in [6.07, 6.45) is 6.69. The van der Waals surface area contributed by atoms with Crippen LogP contribution in [0, 0.1) is 5.92 Å². The molecule has 101 valence electrons. The molecule has 1 aliphatic carbocycles. The maximum atomic E-state index is 10.1. The molecule has 3 heteroatoms. The van der Waals surface area contributed by atoms with Gasteiger partial charge in [-0.1, -0.05) is 45.4 Å². The minimum absolute atomic E-state index is 0.565. The van der Waals surface area contributed by atoms with Crippen LogP contribution in [0.5, 0.6) is 0 Å². The molecule has 0 amide bonds. The average molecular weight is 242 g/mol. The van der Waals surface area contributed by atoms with Gasteiger partial charge in [-0.3, -0.25) is 0 Å². The molecule has 3 N–H and O–H groups in total. The van der Waals surface area contributed by atoms with Gasteiger partial charge in [-0.05, 0) is 25.7 Å². The Kier molecular flexibility index (Phi) is 5.90. The predicted octanol–water partition coefficient (Wildman–Crippen LogP) is 2.52. The second-order valence-corrected chi connectivity index (χ2v) is 5.93. The number of rotatable bonds is 6. The minimum Gasteiger partial charge on any atom is -0.390 e. The number of hydrogen-bond acceptors (Lipinski definition) is 2. The van der Waals surface area contributed by atoms with Crippen LogP contribution in [-0.2, 0) is 0 Å². The number of aliphatic hydroxyl groups is 2. The summed E-state index contributed by atoms with van der Waals surface area (Å²) in [5.74, 6) is 0.565. The molecule has 0 aromatic heterocycles. The van der Waals surface area contributed by atoms with Crippen molar-refractivity contribution in [3.8, 4) is 0 Å². The Hall–Kier alpha value is -0.120. The highest BCUT2D eigenvalue weighted by molar-refractivity contribution is 4.92. The molecule has 1 aliphatic rings. The fourth-order valence-electron chi connectivity index (χ4n) is 2.99. The lowest BCUT2D eigenvalue weighted by Crippen LogP contribution is -2.49. The van der Waals surface area contributed by atoms with Gasteiger partial charge in [0.2, 0.25) is 0 Å². The molecule has 0 aliphatic heterocycles. The zero-order chi connectivity index (χ0) is 12.9. The van der Waals surface area contributed by atoms with Crippen LogP contribution in [-0.4, -0.2) is 28.0 Å². The van der Waals surface area contributed by atoms with Gasteiger partial charge in [0.1, 0.15) is 0 Å². The van der Waals surface area contributed by atoms with E-state index in [0.29, 0.717) is 12.3 Å². The Morgan fingerprint density at radius 2 is 1.82 bits per heavy atom. The maximum Gasteiger partial charge on any atom is 0.0990 e. The molecule has 0 heterocycles. The Bertz CT molecular complexity index is 212. The smallest absolute Gasteiger partial charge is 0.0990 e. The predicted molar refractivity (Wildman–Crippen MR) is 69.6 cm³/mol. The van der Waals surface area contributed by atoms with Gasteiger partial charge in [-0.15, -0.1) is 0 Å². The quantitative estimate of drug-likeness (QED) is 0.751. The van der Waals surface area contributed by atoms with E-state index in [-0.39, 0.29) is 0 Å². The van der Waals surface area contributed by atoms with E-state index in [9.17, 15) is 10.2 Å². The maximum absolute atomic E-state index is 10.1. The number of nitrogens with one attached hydrogen (secondary N) is 1. The van der Waals surface area contributed by atoms with E-state index in [1.807, 2.05) is 6.92 Å². The van der Waals surface area contributed by atoms with E-state index >= 15 is 0 Å². The SMILES string of the molecule is CCC[C@H](O)[C@H](O)[C@@](C)([NH])CC1CCCCC1. The highest BCUT2D eigenvalue weighted by atomic mass is 16.3. The molecule has 3 atom stereocenters. The molecule has 0 spiro atoms. The summed E-state index contributed by atoms with van der Waals surface area (Å²) in [6, 6.07) is 0. The molecule has 0 unspecified atom stereocenters. The standard InChI is InChI=1S/C14H28NO2/c1-3-7-12(16)13(17)14(2,15)10-11-8-5-4-6-9-11/h11-13,15-17H,3-10H2,1-2H3/t12-,13-,14-/m0/s1. The molecule has 0 bridgehead atoms. The second-order valence-electron chi connectivity index (χ2n) is 5.93. The van der Waals surface area contributed by atoms with Gasteiger partial charge in [0.15, 0.2) is 0 Å². The monoisotopic (exact) mass is 242 g/mol. The second kappa shape index (κ2) is 6.72. The lowest BCUT2D eigenvalue weighted by atomic mass is 9.77. The van der Waals surface area contributed by atoms with Crippen molar-refractivity contribution in [2.24, 2.45) is 5.92 Å². The van der Waals surface area contributed by atoms with Gasteiger partial charge in [-0.2, -0.15) is 0 Å². The van der Waals surface area contributed by atoms with Crippen LogP contribution in [0.15, 0.2) is 0 Å². The van der Waals surface area contributed by atoms with Crippen molar-refractivity contribution in [1.29, 1.82) is 0 Å². The molecular weight excluding hydrogens is 214 g/mol. The van der Waals surface area contributed by atoms with Crippen molar-refractivity contribution in [2.45, 2.75) is 83.0 Å². The van der Waals surface area contributed by atoms with Crippen LogP contribution in [0.25, 0.3) is 0 Å². The van der Waals surface area contributed by atoms with E-state index in [4.69, 9.17) is 5.73 Å². The third-order valence-corrected chi connectivity index (χ3v) is 4.04. The van der Waals surface area contributed by atoms with Gasteiger partial charge in [0, 0.05) is 0 Å². The normalized spacial score (nSPS) is 25.2. The van der Waals surface area contributed by atoms with Crippen LogP contribution < -0.4 is 5.73 Å². The molecule has 17 heavy (non-hydrogen) atoms. The lowest BCUT2D eigenvalue weighted by Gasteiger charge is -2.36. The summed E-state index contributed by atoms with van der Waals surface area (Å²) in [7, 11) is 0. The largest absolute Gasteiger partial charge is 0.390 e. The first-order valence-electron chi connectivity index (χ1n) is 7.08. The van der Waals surface area contributed by atoms with E-state index in [1.54, 1.807) is 6.92 Å². The van der Waals surface area contributed by atoms with E-state index < -0.39 is 17.7 Å². The molecule has 1 radical (unpaired) electrons. The molecule has 3 nitrogen and oxygen atoms in total. The van der Waals surface area contributed by atoms with E-state index in [1.165, 1.54) is 32.1 Å². The molecule has 1 rings (SSSR count). The number of aliphatic hydroxyl groups excluding tert-OH is 2. The van der Waals surface area contributed by atoms with Gasteiger partial charge >= 0.3 is 0 Å². The van der Waals surface area contributed by atoms with Crippen molar-refractivity contribution in [1.82, 2.24) is 5.73 Å². The van der Waals surface area contributed by atoms with Gasteiger partial charge in [0.25, 0.3) is 0 Å². The summed E-state index contributed by atoms with van der Waals surface area (Å²) in [5, 5.41) is 19.9. The lowest BCUT2D eigenvalue weighted by molar-refractivity contribution is -0.0381. The van der Waals surface area contributed by atoms with Crippen LogP contribution in [0.2, 0.25) is 0 Å². The fraction of sp³-hybridized carbons (Fsp3) is 1.00. The summed E-state index contributed by atoms with van der Waals surface area (Å²) in [4.78, 5) is 0. The summed E-state index contributed by atoms with van der Waals surface area (Å²) < 4.78 is 0. The zero-order valence-electron chi connectivity index (χ0n) is 11.3. The molecule has 0 aromatic carbocycles. The highest BCUT2D eigenvalue weighted by Crippen LogP contribution is 2.32. The number of hydrogen-bond donors (Lipinski definition) is 2. The van der Waals surface area contributed by atoms with Crippen molar-refractivity contribution in [3.63, 3.8) is 0 Å².